The highest BCUT2D eigenvalue weighted by molar-refractivity contribution is 6.28. The minimum atomic E-state index is 0.148. The fourth-order valence-corrected chi connectivity index (χ4v) is 1.83. The van der Waals surface area contributed by atoms with E-state index in [0.717, 1.165) is 6.54 Å². The summed E-state index contributed by atoms with van der Waals surface area (Å²) in [6.07, 6.45) is 3.41. The zero-order chi connectivity index (χ0) is 14.4. The van der Waals surface area contributed by atoms with E-state index in [0.29, 0.717) is 31.7 Å². The second-order valence-corrected chi connectivity index (χ2v) is 4.27. The molecule has 0 aliphatic rings. The van der Waals surface area contributed by atoms with Crippen LogP contribution in [0.1, 0.15) is 13.8 Å². The van der Waals surface area contributed by atoms with Gasteiger partial charge in [0.05, 0.1) is 6.61 Å². The number of halogens is 1. The second-order valence-electron chi connectivity index (χ2n) is 3.93. The fourth-order valence-electron chi connectivity index (χ4n) is 1.68. The SMILES string of the molecule is CCOCCN(CC)c1nc(Cl)nc(-n2cccn2)n1. The summed E-state index contributed by atoms with van der Waals surface area (Å²) >= 11 is 5.97. The van der Waals surface area contributed by atoms with Crippen LogP contribution in [0.5, 0.6) is 0 Å². The third-order valence-corrected chi connectivity index (χ3v) is 2.84. The molecule has 108 valence electrons. The van der Waals surface area contributed by atoms with Gasteiger partial charge in [-0.05, 0) is 31.5 Å². The number of nitrogens with zero attached hydrogens (tertiary/aromatic N) is 6. The Morgan fingerprint density at radius 1 is 1.30 bits per heavy atom. The predicted octanol–water partition coefficient (Wildman–Crippen LogP) is 1.57. The molecule has 2 heterocycles. The van der Waals surface area contributed by atoms with Gasteiger partial charge >= 0.3 is 0 Å². The van der Waals surface area contributed by atoms with Crippen molar-refractivity contribution in [3.8, 4) is 5.95 Å². The maximum absolute atomic E-state index is 5.97. The average Bonchev–Trinajstić information content (AvgIpc) is 2.97. The van der Waals surface area contributed by atoms with Crippen LogP contribution in [0, 0.1) is 0 Å². The number of hydrogen-bond donors (Lipinski definition) is 0. The normalized spacial score (nSPS) is 10.8. The summed E-state index contributed by atoms with van der Waals surface area (Å²) in [6, 6.07) is 1.80. The molecule has 20 heavy (non-hydrogen) atoms. The molecular formula is C12H17ClN6O. The molecular weight excluding hydrogens is 280 g/mol. The topological polar surface area (TPSA) is 69.0 Å². The molecule has 0 fully saturated rings. The van der Waals surface area contributed by atoms with E-state index >= 15 is 0 Å². The Balaban J connectivity index is 2.21. The molecule has 0 saturated heterocycles. The first-order chi connectivity index (χ1) is 9.74. The number of hydrogen-bond acceptors (Lipinski definition) is 6. The molecule has 0 aliphatic heterocycles. The van der Waals surface area contributed by atoms with Crippen LogP contribution in [0.2, 0.25) is 5.28 Å². The third kappa shape index (κ3) is 3.64. The van der Waals surface area contributed by atoms with Gasteiger partial charge < -0.3 is 9.64 Å². The summed E-state index contributed by atoms with van der Waals surface area (Å²) in [7, 11) is 0. The zero-order valence-corrected chi connectivity index (χ0v) is 12.3. The minimum Gasteiger partial charge on any atom is -0.380 e. The van der Waals surface area contributed by atoms with Crippen LogP contribution in [-0.4, -0.2) is 51.0 Å². The van der Waals surface area contributed by atoms with Crippen molar-refractivity contribution in [2.45, 2.75) is 13.8 Å². The Kier molecular flexibility index (Phi) is 5.25. The van der Waals surface area contributed by atoms with E-state index in [1.54, 1.807) is 23.1 Å². The lowest BCUT2D eigenvalue weighted by Crippen LogP contribution is -2.29. The van der Waals surface area contributed by atoms with E-state index in [4.69, 9.17) is 16.3 Å². The van der Waals surface area contributed by atoms with E-state index in [1.807, 2.05) is 18.7 Å². The van der Waals surface area contributed by atoms with Crippen LogP contribution in [0.3, 0.4) is 0 Å². The summed E-state index contributed by atoms with van der Waals surface area (Å²) in [5.74, 6) is 0.928. The van der Waals surface area contributed by atoms with E-state index in [1.165, 1.54) is 0 Å². The Morgan fingerprint density at radius 3 is 2.80 bits per heavy atom. The Bertz CT molecular complexity index is 533. The molecule has 0 N–H and O–H groups in total. The number of likely N-dealkylation sites (N-methyl/N-ethyl adjacent to an activating group) is 1. The summed E-state index contributed by atoms with van der Waals surface area (Å²) in [6.45, 7) is 6.75. The van der Waals surface area contributed by atoms with Crippen LogP contribution in [0.25, 0.3) is 5.95 Å². The number of ether oxygens (including phenoxy) is 1. The maximum Gasteiger partial charge on any atom is 0.256 e. The largest absolute Gasteiger partial charge is 0.380 e. The molecule has 0 spiro atoms. The van der Waals surface area contributed by atoms with E-state index in [9.17, 15) is 0 Å². The average molecular weight is 297 g/mol. The van der Waals surface area contributed by atoms with E-state index < -0.39 is 0 Å². The Labute approximate surface area is 122 Å². The van der Waals surface area contributed by atoms with E-state index in [2.05, 4.69) is 20.1 Å². The monoisotopic (exact) mass is 296 g/mol. The highest BCUT2D eigenvalue weighted by Crippen LogP contribution is 2.12. The van der Waals surface area contributed by atoms with Gasteiger partial charge in [-0.3, -0.25) is 0 Å². The van der Waals surface area contributed by atoms with Gasteiger partial charge in [-0.25, -0.2) is 4.68 Å². The second kappa shape index (κ2) is 7.16. The molecule has 0 aliphatic carbocycles. The lowest BCUT2D eigenvalue weighted by Gasteiger charge is -2.20. The summed E-state index contributed by atoms with van der Waals surface area (Å²) in [5.41, 5.74) is 0. The van der Waals surface area contributed by atoms with Crippen molar-refractivity contribution in [3.05, 3.63) is 23.7 Å². The maximum atomic E-state index is 5.97. The molecule has 2 rings (SSSR count). The highest BCUT2D eigenvalue weighted by atomic mass is 35.5. The number of aromatic nitrogens is 5. The number of rotatable bonds is 7. The first-order valence-corrected chi connectivity index (χ1v) is 6.86. The van der Waals surface area contributed by atoms with Crippen molar-refractivity contribution in [2.24, 2.45) is 0 Å². The van der Waals surface area contributed by atoms with Crippen LogP contribution in [0.15, 0.2) is 18.5 Å². The third-order valence-electron chi connectivity index (χ3n) is 2.67. The highest BCUT2D eigenvalue weighted by Gasteiger charge is 2.12. The van der Waals surface area contributed by atoms with Gasteiger partial charge in [-0.2, -0.15) is 20.1 Å². The van der Waals surface area contributed by atoms with Crippen LogP contribution in [0.4, 0.5) is 5.95 Å². The van der Waals surface area contributed by atoms with Crippen molar-refractivity contribution < 1.29 is 4.74 Å². The molecule has 8 heteroatoms. The van der Waals surface area contributed by atoms with Gasteiger partial charge in [-0.15, -0.1) is 0 Å². The predicted molar refractivity (Wildman–Crippen MR) is 76.3 cm³/mol. The van der Waals surface area contributed by atoms with Gasteiger partial charge in [0.15, 0.2) is 0 Å². The number of anilines is 1. The van der Waals surface area contributed by atoms with Gasteiger partial charge in [0, 0.05) is 32.1 Å². The standard InChI is InChI=1S/C12H17ClN6O/c1-3-18(8-9-20-4-2)11-15-10(13)16-12(17-11)19-7-5-6-14-19/h5-7H,3-4,8-9H2,1-2H3. The van der Waals surface area contributed by atoms with Crippen molar-refractivity contribution >= 4 is 17.5 Å². The quantitative estimate of drug-likeness (QED) is 0.723. The Hall–Kier alpha value is -1.73. The fraction of sp³-hybridized carbons (Fsp3) is 0.500. The van der Waals surface area contributed by atoms with Gasteiger partial charge in [0.2, 0.25) is 11.2 Å². The molecule has 0 aromatic carbocycles. The first-order valence-electron chi connectivity index (χ1n) is 6.48. The minimum absolute atomic E-state index is 0.148. The van der Waals surface area contributed by atoms with Gasteiger partial charge in [0.25, 0.3) is 5.95 Å². The van der Waals surface area contributed by atoms with Crippen molar-refractivity contribution in [1.82, 2.24) is 24.7 Å². The van der Waals surface area contributed by atoms with Gasteiger partial charge in [-0.1, -0.05) is 0 Å². The molecule has 2 aromatic rings. The smallest absolute Gasteiger partial charge is 0.256 e. The molecule has 2 aromatic heterocycles. The van der Waals surface area contributed by atoms with Crippen molar-refractivity contribution in [2.75, 3.05) is 31.2 Å². The first kappa shape index (κ1) is 14.7. The molecule has 7 nitrogen and oxygen atoms in total. The van der Waals surface area contributed by atoms with Crippen molar-refractivity contribution in [3.63, 3.8) is 0 Å². The van der Waals surface area contributed by atoms with Crippen LogP contribution >= 0.6 is 11.6 Å². The molecule has 0 bridgehead atoms. The van der Waals surface area contributed by atoms with E-state index in [-0.39, 0.29) is 5.28 Å². The molecule has 0 radical (unpaired) electrons. The van der Waals surface area contributed by atoms with Crippen LogP contribution < -0.4 is 4.90 Å². The van der Waals surface area contributed by atoms with Gasteiger partial charge in [0.1, 0.15) is 0 Å². The van der Waals surface area contributed by atoms with Crippen molar-refractivity contribution in [1.29, 1.82) is 0 Å². The molecule has 0 amide bonds. The summed E-state index contributed by atoms with van der Waals surface area (Å²) < 4.78 is 6.91. The Morgan fingerprint density at radius 2 is 2.15 bits per heavy atom. The summed E-state index contributed by atoms with van der Waals surface area (Å²) in [4.78, 5) is 14.6. The lowest BCUT2D eigenvalue weighted by atomic mass is 10.5. The summed E-state index contributed by atoms with van der Waals surface area (Å²) in [5, 5.41) is 4.24. The zero-order valence-electron chi connectivity index (χ0n) is 11.5. The molecule has 0 saturated carbocycles. The lowest BCUT2D eigenvalue weighted by molar-refractivity contribution is 0.153. The molecule has 0 atom stereocenters. The molecule has 0 unspecified atom stereocenters. The van der Waals surface area contributed by atoms with Crippen LogP contribution in [-0.2, 0) is 4.74 Å².